The third-order valence-electron chi connectivity index (χ3n) is 4.04. The highest BCUT2D eigenvalue weighted by molar-refractivity contribution is 5.84. The Labute approximate surface area is 188 Å². The summed E-state index contributed by atoms with van der Waals surface area (Å²) in [5, 5.41) is 19.8. The van der Waals surface area contributed by atoms with Crippen LogP contribution in [-0.4, -0.2) is 78.1 Å². The monoisotopic (exact) mass is 498 g/mol. The first-order valence-electron chi connectivity index (χ1n) is 9.42. The number of ether oxygens (including phenoxy) is 1. The van der Waals surface area contributed by atoms with E-state index in [9.17, 15) is 31.1 Å². The number of nitrogens with zero attached hydrogens (tertiary/aromatic N) is 1. The molecule has 34 heavy (non-hydrogen) atoms. The van der Waals surface area contributed by atoms with Gasteiger partial charge in [0.1, 0.15) is 5.75 Å². The fourth-order valence-corrected chi connectivity index (χ4v) is 2.41. The van der Waals surface area contributed by atoms with Crippen LogP contribution in [0.25, 0.3) is 10.8 Å². The van der Waals surface area contributed by atoms with E-state index < -0.39 is 24.3 Å². The predicted octanol–water partition coefficient (Wildman–Crippen LogP) is 2.92. The molecule has 0 unspecified atom stereocenters. The molecule has 0 aliphatic carbocycles. The second-order valence-corrected chi connectivity index (χ2v) is 6.53. The summed E-state index contributed by atoms with van der Waals surface area (Å²) in [5.74, 6) is -4.72. The van der Waals surface area contributed by atoms with E-state index in [0.717, 1.165) is 37.3 Å². The van der Waals surface area contributed by atoms with Crippen LogP contribution in [0.4, 0.5) is 26.3 Å². The molecule has 1 saturated heterocycles. The maximum atomic E-state index is 12.0. The molecule has 0 radical (unpaired) electrons. The van der Waals surface area contributed by atoms with Gasteiger partial charge in [-0.1, -0.05) is 30.3 Å². The van der Waals surface area contributed by atoms with Gasteiger partial charge in [0.25, 0.3) is 5.91 Å². The van der Waals surface area contributed by atoms with Gasteiger partial charge in [0.05, 0.1) is 0 Å². The SMILES string of the molecule is O=C(COc1ccc2ccccc2c1)N1CCNCC1.O=C(O)C(F)(F)F.O=C(O)C(F)(F)F. The minimum absolute atomic E-state index is 0.0552. The molecular weight excluding hydrogens is 478 g/mol. The van der Waals surface area contributed by atoms with Crippen LogP contribution < -0.4 is 10.1 Å². The van der Waals surface area contributed by atoms with Gasteiger partial charge in [0.15, 0.2) is 6.61 Å². The number of carboxylic acid groups (broad SMARTS) is 2. The highest BCUT2D eigenvalue weighted by Crippen LogP contribution is 2.20. The van der Waals surface area contributed by atoms with Crippen molar-refractivity contribution in [3.05, 3.63) is 42.5 Å². The summed E-state index contributed by atoms with van der Waals surface area (Å²) in [6.45, 7) is 3.36. The number of carboxylic acids is 2. The Morgan fingerprint density at radius 3 is 1.79 bits per heavy atom. The zero-order chi connectivity index (χ0) is 25.9. The molecule has 1 aliphatic heterocycles. The summed E-state index contributed by atoms with van der Waals surface area (Å²) in [6.07, 6.45) is -10.2. The fourth-order valence-electron chi connectivity index (χ4n) is 2.41. The van der Waals surface area contributed by atoms with E-state index in [1.165, 1.54) is 5.39 Å². The summed E-state index contributed by atoms with van der Waals surface area (Å²) >= 11 is 0. The largest absolute Gasteiger partial charge is 0.490 e. The zero-order valence-corrected chi connectivity index (χ0v) is 17.3. The van der Waals surface area contributed by atoms with Crippen LogP contribution >= 0.6 is 0 Å². The molecule has 0 spiro atoms. The molecule has 0 atom stereocenters. The van der Waals surface area contributed by atoms with Gasteiger partial charge in [-0.2, -0.15) is 26.3 Å². The van der Waals surface area contributed by atoms with Crippen LogP contribution in [-0.2, 0) is 14.4 Å². The number of alkyl halides is 6. The van der Waals surface area contributed by atoms with E-state index in [4.69, 9.17) is 24.5 Å². The molecule has 1 heterocycles. The van der Waals surface area contributed by atoms with E-state index in [0.29, 0.717) is 0 Å². The van der Waals surface area contributed by atoms with Gasteiger partial charge in [0, 0.05) is 26.2 Å². The van der Waals surface area contributed by atoms with Crippen LogP contribution in [0.3, 0.4) is 0 Å². The number of piperazine rings is 1. The maximum absolute atomic E-state index is 12.0. The Morgan fingerprint density at radius 1 is 0.853 bits per heavy atom. The average Bonchev–Trinajstić information content (AvgIpc) is 2.77. The van der Waals surface area contributed by atoms with Crippen LogP contribution in [0.15, 0.2) is 42.5 Å². The number of carbonyl (C=O) groups excluding carboxylic acids is 1. The molecular formula is C20H20F6N2O6. The molecule has 3 rings (SSSR count). The molecule has 3 N–H and O–H groups in total. The summed E-state index contributed by atoms with van der Waals surface area (Å²) < 4.78 is 69.1. The molecule has 0 saturated carbocycles. The zero-order valence-electron chi connectivity index (χ0n) is 17.3. The first-order valence-corrected chi connectivity index (χ1v) is 9.42. The summed E-state index contributed by atoms with van der Waals surface area (Å²) in [6, 6.07) is 14.0. The quantitative estimate of drug-likeness (QED) is 0.558. The minimum atomic E-state index is -5.08. The second kappa shape index (κ2) is 12.6. The molecule has 1 amide bonds. The summed E-state index contributed by atoms with van der Waals surface area (Å²) in [7, 11) is 0. The van der Waals surface area contributed by atoms with E-state index in [-0.39, 0.29) is 12.5 Å². The normalized spacial score (nSPS) is 13.6. The van der Waals surface area contributed by atoms with Crippen molar-refractivity contribution >= 4 is 28.6 Å². The lowest BCUT2D eigenvalue weighted by atomic mass is 10.1. The summed E-state index contributed by atoms with van der Waals surface area (Å²) in [4.78, 5) is 31.6. The van der Waals surface area contributed by atoms with Gasteiger partial charge >= 0.3 is 24.3 Å². The topological polar surface area (TPSA) is 116 Å². The Kier molecular flexibility index (Phi) is 10.6. The van der Waals surface area contributed by atoms with Crippen LogP contribution in [0.1, 0.15) is 0 Å². The van der Waals surface area contributed by atoms with Crippen molar-refractivity contribution in [2.75, 3.05) is 32.8 Å². The van der Waals surface area contributed by atoms with Crippen LogP contribution in [0, 0.1) is 0 Å². The maximum Gasteiger partial charge on any atom is 0.490 e. The molecule has 0 aromatic heterocycles. The van der Waals surface area contributed by atoms with E-state index in [1.807, 2.05) is 41.3 Å². The Morgan fingerprint density at radius 2 is 1.32 bits per heavy atom. The third kappa shape index (κ3) is 10.4. The van der Waals surface area contributed by atoms with Gasteiger partial charge in [-0.15, -0.1) is 0 Å². The van der Waals surface area contributed by atoms with E-state index in [2.05, 4.69) is 11.4 Å². The minimum Gasteiger partial charge on any atom is -0.484 e. The molecule has 14 heteroatoms. The van der Waals surface area contributed by atoms with Gasteiger partial charge < -0.3 is 25.2 Å². The predicted molar refractivity (Wildman–Crippen MR) is 106 cm³/mol. The number of benzene rings is 2. The number of nitrogens with one attached hydrogen (secondary N) is 1. The number of halogens is 6. The average molecular weight is 498 g/mol. The highest BCUT2D eigenvalue weighted by Gasteiger charge is 2.38. The van der Waals surface area contributed by atoms with Crippen molar-refractivity contribution in [2.45, 2.75) is 12.4 Å². The Hall–Kier alpha value is -3.55. The number of amides is 1. The number of hydrogen-bond acceptors (Lipinski definition) is 5. The lowest BCUT2D eigenvalue weighted by Gasteiger charge is -2.27. The molecule has 2 aromatic carbocycles. The molecule has 1 aliphatic rings. The molecule has 0 bridgehead atoms. The molecule has 1 fully saturated rings. The van der Waals surface area contributed by atoms with Crippen molar-refractivity contribution in [2.24, 2.45) is 0 Å². The second-order valence-electron chi connectivity index (χ2n) is 6.53. The van der Waals surface area contributed by atoms with Gasteiger partial charge in [0.2, 0.25) is 0 Å². The highest BCUT2D eigenvalue weighted by atomic mass is 19.4. The number of fused-ring (bicyclic) bond motifs is 1. The van der Waals surface area contributed by atoms with E-state index in [1.54, 1.807) is 0 Å². The first kappa shape index (κ1) is 28.5. The number of hydrogen-bond donors (Lipinski definition) is 3. The van der Waals surface area contributed by atoms with Crippen molar-refractivity contribution in [3.63, 3.8) is 0 Å². The number of rotatable bonds is 3. The van der Waals surface area contributed by atoms with Gasteiger partial charge in [-0.3, -0.25) is 4.79 Å². The first-order chi connectivity index (χ1) is 15.7. The van der Waals surface area contributed by atoms with Crippen LogP contribution in [0.5, 0.6) is 5.75 Å². The van der Waals surface area contributed by atoms with Crippen molar-refractivity contribution in [1.29, 1.82) is 0 Å². The molecule has 2 aromatic rings. The Bertz CT molecular complexity index is 950. The number of carbonyl (C=O) groups is 3. The van der Waals surface area contributed by atoms with Crippen molar-refractivity contribution < 1.29 is 55.7 Å². The lowest BCUT2D eigenvalue weighted by Crippen LogP contribution is -2.47. The van der Waals surface area contributed by atoms with Crippen LogP contribution in [0.2, 0.25) is 0 Å². The molecule has 188 valence electrons. The third-order valence-corrected chi connectivity index (χ3v) is 4.04. The summed E-state index contributed by atoms with van der Waals surface area (Å²) in [5.41, 5.74) is 0. The molecule has 8 nitrogen and oxygen atoms in total. The van der Waals surface area contributed by atoms with E-state index >= 15 is 0 Å². The van der Waals surface area contributed by atoms with Gasteiger partial charge in [-0.25, -0.2) is 9.59 Å². The van der Waals surface area contributed by atoms with Crippen molar-refractivity contribution in [3.8, 4) is 5.75 Å². The lowest BCUT2D eigenvalue weighted by molar-refractivity contribution is -0.193. The smallest absolute Gasteiger partial charge is 0.484 e. The fraction of sp³-hybridized carbons (Fsp3) is 0.350. The van der Waals surface area contributed by atoms with Crippen molar-refractivity contribution in [1.82, 2.24) is 10.2 Å². The standard InChI is InChI=1S/C16H18N2O2.2C2HF3O2/c19-16(18-9-7-17-8-10-18)12-20-15-6-5-13-3-1-2-4-14(13)11-15;2*3-2(4,5)1(6)7/h1-6,11,17H,7-10,12H2;2*(H,6,7). The van der Waals surface area contributed by atoms with Gasteiger partial charge in [-0.05, 0) is 22.9 Å². The Balaban J connectivity index is 0.000000343. The number of aliphatic carboxylic acids is 2.